The van der Waals surface area contributed by atoms with E-state index in [1.807, 2.05) is 0 Å². The summed E-state index contributed by atoms with van der Waals surface area (Å²) in [6, 6.07) is 2.63. The van der Waals surface area contributed by atoms with Gasteiger partial charge >= 0.3 is 0 Å². The van der Waals surface area contributed by atoms with Crippen LogP contribution < -0.4 is 10.5 Å². The van der Waals surface area contributed by atoms with Crippen LogP contribution in [0, 0.1) is 0 Å². The fraction of sp³-hybridized carbons (Fsp3) is 0.538. The van der Waals surface area contributed by atoms with E-state index in [-0.39, 0.29) is 29.8 Å². The minimum Gasteiger partial charge on any atom is -0.495 e. The van der Waals surface area contributed by atoms with Crippen LogP contribution in [0.5, 0.6) is 5.75 Å². The van der Waals surface area contributed by atoms with Crippen molar-refractivity contribution in [3.8, 4) is 5.75 Å². The largest absolute Gasteiger partial charge is 0.495 e. The van der Waals surface area contributed by atoms with Crippen LogP contribution in [0.2, 0.25) is 5.02 Å². The molecule has 0 saturated heterocycles. The lowest BCUT2D eigenvalue weighted by molar-refractivity contribution is 0.149. The molecule has 0 spiro atoms. The van der Waals surface area contributed by atoms with Crippen molar-refractivity contribution < 1.29 is 17.9 Å². The SMILES string of the molecule is COCC(C)N(C)S(=O)(=O)c1cc(Cl)cc(CN)c1OC. The first-order valence-electron chi connectivity index (χ1n) is 6.33. The van der Waals surface area contributed by atoms with Crippen molar-refractivity contribution in [2.45, 2.75) is 24.4 Å². The maximum absolute atomic E-state index is 12.7. The Kier molecular flexibility index (Phi) is 6.42. The second-order valence-corrected chi connectivity index (χ2v) is 7.03. The molecule has 0 aliphatic rings. The van der Waals surface area contributed by atoms with Gasteiger partial charge in [0.2, 0.25) is 10.0 Å². The lowest BCUT2D eigenvalue weighted by Gasteiger charge is -2.25. The van der Waals surface area contributed by atoms with Crippen molar-refractivity contribution in [3.05, 3.63) is 22.7 Å². The molecule has 0 aliphatic carbocycles. The average Bonchev–Trinajstić information content (AvgIpc) is 2.45. The van der Waals surface area contributed by atoms with Gasteiger partial charge in [-0.15, -0.1) is 0 Å². The highest BCUT2D eigenvalue weighted by Gasteiger charge is 2.30. The Balaban J connectivity index is 3.40. The van der Waals surface area contributed by atoms with Gasteiger partial charge in [-0.05, 0) is 19.1 Å². The highest BCUT2D eigenvalue weighted by molar-refractivity contribution is 7.89. The first kappa shape index (κ1) is 18.2. The Morgan fingerprint density at radius 3 is 2.48 bits per heavy atom. The highest BCUT2D eigenvalue weighted by Crippen LogP contribution is 2.33. The molecule has 6 nitrogen and oxygen atoms in total. The summed E-state index contributed by atoms with van der Waals surface area (Å²) in [6.07, 6.45) is 0. The van der Waals surface area contributed by atoms with Crippen molar-refractivity contribution in [1.82, 2.24) is 4.31 Å². The van der Waals surface area contributed by atoms with Crippen LogP contribution in [0.15, 0.2) is 17.0 Å². The number of halogens is 1. The number of likely N-dealkylation sites (N-methyl/N-ethyl adjacent to an activating group) is 1. The molecule has 0 fully saturated rings. The lowest BCUT2D eigenvalue weighted by Crippen LogP contribution is -2.38. The van der Waals surface area contributed by atoms with E-state index in [4.69, 9.17) is 26.8 Å². The minimum absolute atomic E-state index is 0.00315. The number of ether oxygens (including phenoxy) is 2. The Hall–Kier alpha value is -0.860. The molecule has 8 heteroatoms. The molecule has 0 radical (unpaired) electrons. The fourth-order valence-electron chi connectivity index (χ4n) is 1.94. The summed E-state index contributed by atoms with van der Waals surface area (Å²) in [5.74, 6) is 0.221. The third-order valence-electron chi connectivity index (χ3n) is 3.21. The molecular weight excluding hydrogens is 316 g/mol. The number of hydrogen-bond acceptors (Lipinski definition) is 5. The summed E-state index contributed by atoms with van der Waals surface area (Å²) in [5, 5.41) is 0.294. The second-order valence-electron chi connectivity index (χ2n) is 4.63. The predicted octanol–water partition coefficient (Wildman–Crippen LogP) is 1.46. The van der Waals surface area contributed by atoms with Gasteiger partial charge in [-0.3, -0.25) is 0 Å². The zero-order chi connectivity index (χ0) is 16.2. The zero-order valence-electron chi connectivity index (χ0n) is 12.6. The predicted molar refractivity (Wildman–Crippen MR) is 82.2 cm³/mol. The molecule has 0 aliphatic heterocycles. The van der Waals surface area contributed by atoms with Crippen LogP contribution in [-0.4, -0.2) is 46.6 Å². The van der Waals surface area contributed by atoms with E-state index in [9.17, 15) is 8.42 Å². The highest BCUT2D eigenvalue weighted by atomic mass is 35.5. The van der Waals surface area contributed by atoms with E-state index in [1.54, 1.807) is 13.0 Å². The van der Waals surface area contributed by atoms with Gasteiger partial charge in [0.1, 0.15) is 10.6 Å². The first-order valence-corrected chi connectivity index (χ1v) is 8.14. The quantitative estimate of drug-likeness (QED) is 0.815. The Morgan fingerprint density at radius 1 is 1.38 bits per heavy atom. The standard InChI is InChI=1S/C13H21ClN2O4S/c1-9(8-19-3)16(2)21(17,18)12-6-11(14)5-10(7-15)13(12)20-4/h5-6,9H,7-8,15H2,1-4H3. The van der Waals surface area contributed by atoms with Gasteiger partial charge in [-0.2, -0.15) is 4.31 Å². The summed E-state index contributed by atoms with van der Waals surface area (Å²) in [5.41, 5.74) is 6.16. The van der Waals surface area contributed by atoms with Crippen molar-refractivity contribution in [2.24, 2.45) is 5.73 Å². The van der Waals surface area contributed by atoms with Gasteiger partial charge in [0.25, 0.3) is 0 Å². The number of benzene rings is 1. The molecule has 1 rings (SSSR count). The molecule has 1 unspecified atom stereocenters. The zero-order valence-corrected chi connectivity index (χ0v) is 14.2. The number of nitrogens with zero attached hydrogens (tertiary/aromatic N) is 1. The molecule has 0 heterocycles. The molecule has 1 aromatic rings. The van der Waals surface area contributed by atoms with Crippen LogP contribution in [0.25, 0.3) is 0 Å². The molecule has 21 heavy (non-hydrogen) atoms. The Morgan fingerprint density at radius 2 is 2.00 bits per heavy atom. The molecule has 0 saturated carbocycles. The van der Waals surface area contributed by atoms with Gasteiger partial charge < -0.3 is 15.2 Å². The second kappa shape index (κ2) is 7.42. The smallest absolute Gasteiger partial charge is 0.246 e. The number of hydrogen-bond donors (Lipinski definition) is 1. The van der Waals surface area contributed by atoms with Crippen molar-refractivity contribution >= 4 is 21.6 Å². The molecule has 1 aromatic carbocycles. The van der Waals surface area contributed by atoms with E-state index in [0.717, 1.165) is 0 Å². The van der Waals surface area contributed by atoms with Gasteiger partial charge in [-0.1, -0.05) is 11.6 Å². The maximum Gasteiger partial charge on any atom is 0.246 e. The van der Waals surface area contributed by atoms with Crippen LogP contribution in [-0.2, 0) is 21.3 Å². The van der Waals surface area contributed by atoms with Gasteiger partial charge in [0.05, 0.1) is 13.7 Å². The molecule has 1 atom stereocenters. The van der Waals surface area contributed by atoms with Crippen LogP contribution in [0.1, 0.15) is 12.5 Å². The third kappa shape index (κ3) is 3.87. The Labute approximate surface area is 130 Å². The van der Waals surface area contributed by atoms with Crippen LogP contribution >= 0.6 is 11.6 Å². The van der Waals surface area contributed by atoms with E-state index >= 15 is 0 Å². The topological polar surface area (TPSA) is 81.9 Å². The molecule has 0 bridgehead atoms. The monoisotopic (exact) mass is 336 g/mol. The van der Waals surface area contributed by atoms with E-state index in [0.29, 0.717) is 10.6 Å². The number of nitrogens with two attached hydrogens (primary N) is 1. The molecule has 0 amide bonds. The first-order chi connectivity index (χ1) is 9.79. The summed E-state index contributed by atoms with van der Waals surface area (Å²) in [4.78, 5) is 0.00315. The maximum atomic E-state index is 12.7. The fourth-order valence-corrected chi connectivity index (χ4v) is 3.81. The van der Waals surface area contributed by atoms with Crippen LogP contribution in [0.3, 0.4) is 0 Å². The molecule has 120 valence electrons. The van der Waals surface area contributed by atoms with Gasteiger partial charge in [0.15, 0.2) is 0 Å². The molecule has 0 aromatic heterocycles. The summed E-state index contributed by atoms with van der Waals surface area (Å²) >= 11 is 5.99. The van der Waals surface area contributed by atoms with Crippen molar-refractivity contribution in [1.29, 1.82) is 0 Å². The van der Waals surface area contributed by atoms with Crippen molar-refractivity contribution in [3.63, 3.8) is 0 Å². The molecule has 2 N–H and O–H groups in total. The van der Waals surface area contributed by atoms with E-state index < -0.39 is 10.0 Å². The Bertz CT molecular complexity index is 592. The summed E-state index contributed by atoms with van der Waals surface area (Å²) in [7, 11) is 0.638. The molecular formula is C13H21ClN2O4S. The number of methoxy groups -OCH3 is 2. The lowest BCUT2D eigenvalue weighted by atomic mass is 10.2. The van der Waals surface area contributed by atoms with Gasteiger partial charge in [-0.25, -0.2) is 8.42 Å². The van der Waals surface area contributed by atoms with Gasteiger partial charge in [0, 0.05) is 37.3 Å². The summed E-state index contributed by atoms with van der Waals surface area (Å²) < 4.78 is 36.9. The van der Waals surface area contributed by atoms with E-state index in [2.05, 4.69) is 0 Å². The average molecular weight is 337 g/mol. The minimum atomic E-state index is -3.77. The third-order valence-corrected chi connectivity index (χ3v) is 5.40. The van der Waals surface area contributed by atoms with E-state index in [1.165, 1.54) is 31.6 Å². The normalized spacial score (nSPS) is 13.5. The van der Waals surface area contributed by atoms with Crippen molar-refractivity contribution in [2.75, 3.05) is 27.9 Å². The number of rotatable bonds is 7. The number of sulfonamides is 1. The summed E-state index contributed by atoms with van der Waals surface area (Å²) in [6.45, 7) is 2.16. The van der Waals surface area contributed by atoms with Crippen LogP contribution in [0.4, 0.5) is 0 Å².